The van der Waals surface area contributed by atoms with Crippen LogP contribution in [0, 0.1) is 0 Å². The highest BCUT2D eigenvalue weighted by Gasteiger charge is 2.25. The van der Waals surface area contributed by atoms with E-state index in [-0.39, 0.29) is 5.38 Å². The van der Waals surface area contributed by atoms with E-state index in [2.05, 4.69) is 24.3 Å². The number of benzene rings is 2. The highest BCUT2D eigenvalue weighted by Crippen LogP contribution is 2.43. The molecule has 1 aliphatic carbocycles. The van der Waals surface area contributed by atoms with Crippen LogP contribution in [0.4, 0.5) is 0 Å². The zero-order valence-electron chi connectivity index (χ0n) is 10.2. The number of rotatable bonds is 2. The summed E-state index contributed by atoms with van der Waals surface area (Å²) in [4.78, 5) is 0. The Morgan fingerprint density at radius 2 is 1.26 bits per heavy atom. The van der Waals surface area contributed by atoms with Crippen LogP contribution in [0.25, 0.3) is 11.1 Å². The molecule has 1 unspecified atom stereocenters. The minimum absolute atomic E-state index is 0.243. The highest BCUT2D eigenvalue weighted by molar-refractivity contribution is 6.44. The smallest absolute Gasteiger partial charge is 0.0888 e. The first-order valence-corrected chi connectivity index (χ1v) is 6.95. The van der Waals surface area contributed by atoms with E-state index in [4.69, 9.17) is 23.2 Å². The third-order valence-corrected chi connectivity index (χ3v) is 4.09. The van der Waals surface area contributed by atoms with Crippen molar-refractivity contribution in [3.8, 4) is 0 Å². The molecular weight excluding hydrogens is 275 g/mol. The molecule has 0 N–H and O–H groups in total. The molecule has 0 saturated heterocycles. The summed E-state index contributed by atoms with van der Waals surface area (Å²) in [5, 5.41) is 0.457. The van der Waals surface area contributed by atoms with Crippen LogP contribution < -0.4 is 0 Å². The van der Waals surface area contributed by atoms with Gasteiger partial charge in [0.1, 0.15) is 0 Å². The van der Waals surface area contributed by atoms with Crippen molar-refractivity contribution in [1.82, 2.24) is 0 Å². The average Bonchev–Trinajstić information content (AvgIpc) is 2.77. The lowest BCUT2D eigenvalue weighted by Crippen LogP contribution is -1.90. The molecule has 1 atom stereocenters. The van der Waals surface area contributed by atoms with Gasteiger partial charge in [0, 0.05) is 10.6 Å². The minimum atomic E-state index is -0.243. The Balaban J connectivity index is 2.13. The lowest BCUT2D eigenvalue weighted by atomic mass is 9.95. The Hall–Kier alpha value is -1.50. The molecule has 0 nitrogen and oxygen atoms in total. The van der Waals surface area contributed by atoms with Gasteiger partial charge in [-0.05, 0) is 16.7 Å². The molecule has 0 aliphatic heterocycles. The van der Waals surface area contributed by atoms with Gasteiger partial charge in [0.05, 0.1) is 5.38 Å². The van der Waals surface area contributed by atoms with Crippen molar-refractivity contribution in [2.24, 2.45) is 0 Å². The minimum Gasteiger partial charge on any atom is -0.112 e. The van der Waals surface area contributed by atoms with Gasteiger partial charge in [0.25, 0.3) is 0 Å². The second kappa shape index (κ2) is 5.24. The van der Waals surface area contributed by atoms with E-state index in [1.54, 1.807) is 0 Å². The van der Waals surface area contributed by atoms with E-state index in [1.807, 2.05) is 42.5 Å². The van der Waals surface area contributed by atoms with Crippen LogP contribution >= 0.6 is 23.2 Å². The van der Waals surface area contributed by atoms with Crippen molar-refractivity contribution in [2.45, 2.75) is 5.38 Å². The van der Waals surface area contributed by atoms with Crippen LogP contribution in [0.1, 0.15) is 11.1 Å². The molecule has 0 heterocycles. The molecule has 1 aliphatic rings. The van der Waals surface area contributed by atoms with E-state index >= 15 is 0 Å². The summed E-state index contributed by atoms with van der Waals surface area (Å²) in [7, 11) is 0. The van der Waals surface area contributed by atoms with Crippen LogP contribution in [-0.4, -0.2) is 5.38 Å². The quantitative estimate of drug-likeness (QED) is 0.654. The molecule has 0 amide bonds. The zero-order chi connectivity index (χ0) is 13.2. The van der Waals surface area contributed by atoms with Gasteiger partial charge >= 0.3 is 0 Å². The van der Waals surface area contributed by atoms with Crippen molar-refractivity contribution >= 4 is 34.3 Å². The first-order valence-electron chi connectivity index (χ1n) is 6.14. The van der Waals surface area contributed by atoms with Gasteiger partial charge in [-0.1, -0.05) is 78.3 Å². The number of allylic oxidation sites excluding steroid dienone is 4. The lowest BCUT2D eigenvalue weighted by molar-refractivity contribution is 1.41. The monoisotopic (exact) mass is 286 g/mol. The number of halogens is 2. The second-order valence-corrected chi connectivity index (χ2v) is 5.31. The Labute approximate surface area is 123 Å². The van der Waals surface area contributed by atoms with E-state index in [0.717, 1.165) is 22.3 Å². The topological polar surface area (TPSA) is 0 Å². The summed E-state index contributed by atoms with van der Waals surface area (Å²) >= 11 is 12.7. The van der Waals surface area contributed by atoms with Crippen molar-refractivity contribution in [3.63, 3.8) is 0 Å². The van der Waals surface area contributed by atoms with Crippen LogP contribution in [0.2, 0.25) is 0 Å². The molecule has 0 aromatic heterocycles. The molecule has 2 aromatic rings. The molecule has 94 valence electrons. The summed E-state index contributed by atoms with van der Waals surface area (Å²) in [6.07, 6.45) is 2.02. The fourth-order valence-electron chi connectivity index (χ4n) is 2.33. The molecule has 0 spiro atoms. The van der Waals surface area contributed by atoms with E-state index in [1.165, 1.54) is 0 Å². The molecule has 2 aromatic carbocycles. The summed E-state index contributed by atoms with van der Waals surface area (Å²) in [5.41, 5.74) is 4.39. The Kier molecular flexibility index (Phi) is 3.46. The molecular formula is C17H12Cl2. The summed E-state index contributed by atoms with van der Waals surface area (Å²) in [6, 6.07) is 20.3. The zero-order valence-corrected chi connectivity index (χ0v) is 11.7. The standard InChI is InChI=1S/C17H12Cl2/c18-15-11-14(12-7-3-1-4-8-12)16(17(15)19)13-9-5-2-6-10-13/h1-11,15H. The number of hydrogen-bond donors (Lipinski definition) is 0. The van der Waals surface area contributed by atoms with Gasteiger partial charge < -0.3 is 0 Å². The highest BCUT2D eigenvalue weighted by atomic mass is 35.5. The summed E-state index contributed by atoms with van der Waals surface area (Å²) in [6.45, 7) is 0. The Bertz CT molecular complexity index is 639. The van der Waals surface area contributed by atoms with E-state index in [9.17, 15) is 0 Å². The molecule has 0 bridgehead atoms. The lowest BCUT2D eigenvalue weighted by Gasteiger charge is -2.10. The summed E-state index contributed by atoms with van der Waals surface area (Å²) < 4.78 is 0. The van der Waals surface area contributed by atoms with Crippen LogP contribution in [-0.2, 0) is 0 Å². The molecule has 19 heavy (non-hydrogen) atoms. The SMILES string of the molecule is ClC1=C(c2ccccc2)C(c2ccccc2)=CC1Cl. The first-order chi connectivity index (χ1) is 9.27. The molecule has 2 heteroatoms. The molecule has 0 saturated carbocycles. The average molecular weight is 287 g/mol. The largest absolute Gasteiger partial charge is 0.112 e. The predicted octanol–water partition coefficient (Wildman–Crippen LogP) is 5.34. The van der Waals surface area contributed by atoms with Crippen LogP contribution in [0.3, 0.4) is 0 Å². The van der Waals surface area contributed by atoms with Crippen molar-refractivity contribution in [2.75, 3.05) is 0 Å². The fourth-order valence-corrected chi connectivity index (χ4v) is 2.83. The molecule has 3 rings (SSSR count). The van der Waals surface area contributed by atoms with Gasteiger partial charge in [-0.3, -0.25) is 0 Å². The van der Waals surface area contributed by atoms with Crippen LogP contribution in [0.15, 0.2) is 71.8 Å². The molecule has 0 fully saturated rings. The number of alkyl halides is 1. The van der Waals surface area contributed by atoms with Crippen molar-refractivity contribution in [3.05, 3.63) is 82.9 Å². The van der Waals surface area contributed by atoms with Gasteiger partial charge in [-0.2, -0.15) is 0 Å². The maximum absolute atomic E-state index is 6.40. The Morgan fingerprint density at radius 1 is 0.737 bits per heavy atom. The Morgan fingerprint density at radius 3 is 1.84 bits per heavy atom. The van der Waals surface area contributed by atoms with E-state index in [0.29, 0.717) is 5.03 Å². The van der Waals surface area contributed by atoms with Crippen molar-refractivity contribution < 1.29 is 0 Å². The normalized spacial score (nSPS) is 18.6. The molecule has 0 radical (unpaired) electrons. The summed E-state index contributed by atoms with van der Waals surface area (Å²) in [5.74, 6) is 0. The fraction of sp³-hybridized carbons (Fsp3) is 0.0588. The third-order valence-electron chi connectivity index (χ3n) is 3.21. The van der Waals surface area contributed by atoms with Gasteiger partial charge in [0.15, 0.2) is 0 Å². The predicted molar refractivity (Wildman–Crippen MR) is 83.3 cm³/mol. The van der Waals surface area contributed by atoms with E-state index < -0.39 is 0 Å². The maximum atomic E-state index is 6.40. The third kappa shape index (κ3) is 2.34. The van der Waals surface area contributed by atoms with Gasteiger partial charge in [0.2, 0.25) is 0 Å². The number of hydrogen-bond acceptors (Lipinski definition) is 0. The van der Waals surface area contributed by atoms with Gasteiger partial charge in [-0.15, -0.1) is 11.6 Å². The van der Waals surface area contributed by atoms with Crippen molar-refractivity contribution in [1.29, 1.82) is 0 Å². The van der Waals surface area contributed by atoms with Crippen LogP contribution in [0.5, 0.6) is 0 Å². The van der Waals surface area contributed by atoms with Gasteiger partial charge in [-0.25, -0.2) is 0 Å². The maximum Gasteiger partial charge on any atom is 0.0888 e. The first kappa shape index (κ1) is 12.5. The second-order valence-electron chi connectivity index (χ2n) is 4.44.